The number of likely N-dealkylation sites (tertiary alicyclic amines) is 1. The molecule has 2 fully saturated rings. The Bertz CT molecular complexity index is 918. The van der Waals surface area contributed by atoms with E-state index in [1.54, 1.807) is 0 Å². The van der Waals surface area contributed by atoms with Gasteiger partial charge in [0, 0.05) is 19.1 Å². The van der Waals surface area contributed by atoms with E-state index in [1.807, 2.05) is 0 Å². The van der Waals surface area contributed by atoms with Gasteiger partial charge < -0.3 is 31.6 Å². The summed E-state index contributed by atoms with van der Waals surface area (Å²) in [6, 6.07) is -3.64. The molecule has 14 nitrogen and oxygen atoms in total. The van der Waals surface area contributed by atoms with Gasteiger partial charge in [-0.1, -0.05) is 19.3 Å². The van der Waals surface area contributed by atoms with E-state index in [1.165, 1.54) is 4.90 Å². The number of rotatable bonds is 14. The van der Waals surface area contributed by atoms with E-state index in [4.69, 9.17) is 11.5 Å². The summed E-state index contributed by atoms with van der Waals surface area (Å²) in [4.78, 5) is 53.9. The molecular formula is C21H37N7O7S. The zero-order valence-corrected chi connectivity index (χ0v) is 21.0. The number of nitrogens with zero attached hydrogens (tertiary/aromatic N) is 2. The van der Waals surface area contributed by atoms with Crippen molar-refractivity contribution in [1.29, 1.82) is 0 Å². The van der Waals surface area contributed by atoms with Gasteiger partial charge in [0.05, 0.1) is 12.5 Å². The number of aliphatic carboxylic acids is 1. The van der Waals surface area contributed by atoms with Gasteiger partial charge >= 0.3 is 5.97 Å². The Kier molecular flexibility index (Phi) is 11.5. The quantitative estimate of drug-likeness (QED) is 0.0649. The fourth-order valence-electron chi connectivity index (χ4n) is 4.49. The molecule has 2 rings (SSSR count). The van der Waals surface area contributed by atoms with Crippen molar-refractivity contribution in [1.82, 2.24) is 19.7 Å². The molecule has 0 spiro atoms. The molecule has 1 heterocycles. The van der Waals surface area contributed by atoms with Crippen LogP contribution in [0, 0.1) is 0 Å². The summed E-state index contributed by atoms with van der Waals surface area (Å²) < 4.78 is 30.0. The molecule has 2 aliphatic rings. The molecule has 3 atom stereocenters. The van der Waals surface area contributed by atoms with Gasteiger partial charge in [0.2, 0.25) is 11.8 Å². The van der Waals surface area contributed by atoms with Crippen LogP contribution in [-0.4, -0.2) is 85.7 Å². The summed E-state index contributed by atoms with van der Waals surface area (Å²) in [5.74, 6) is -2.82. The summed E-state index contributed by atoms with van der Waals surface area (Å²) in [5, 5.41) is 11.9. The Hall–Kier alpha value is -2.78. The normalized spacial score (nSPS) is 20.3. The van der Waals surface area contributed by atoms with Crippen LogP contribution < -0.4 is 26.2 Å². The lowest BCUT2D eigenvalue weighted by molar-refractivity contribution is -0.144. The van der Waals surface area contributed by atoms with Crippen molar-refractivity contribution >= 4 is 40.2 Å². The minimum Gasteiger partial charge on any atom is -0.481 e. The van der Waals surface area contributed by atoms with Crippen LogP contribution in [0.3, 0.4) is 0 Å². The molecule has 8 N–H and O–H groups in total. The van der Waals surface area contributed by atoms with Gasteiger partial charge in [-0.3, -0.25) is 19.4 Å². The maximum Gasteiger partial charge on any atom is 0.305 e. The van der Waals surface area contributed by atoms with E-state index in [9.17, 15) is 32.7 Å². The standard InChI is InChI=1S/C21H37N7O7S/c22-21(23)24-10-4-8-15(13-29)25-19(32)17-9-5-11-28(17)20(33)16(12-18(30)31)27-36(34,35)26-14-6-2-1-3-7-14/h13-17,26-27H,1-12H2,(H,25,32)(H,30,31)(H4,22,23,24)/t15-,16-,17+/m1/s1. The van der Waals surface area contributed by atoms with Gasteiger partial charge in [-0.05, 0) is 38.5 Å². The molecule has 0 radical (unpaired) electrons. The second kappa shape index (κ2) is 14.1. The Balaban J connectivity index is 2.04. The van der Waals surface area contributed by atoms with Crippen molar-refractivity contribution in [2.24, 2.45) is 16.5 Å². The van der Waals surface area contributed by atoms with E-state index < -0.39 is 52.5 Å². The molecule has 0 unspecified atom stereocenters. The summed E-state index contributed by atoms with van der Waals surface area (Å²) in [5.41, 5.74) is 10.5. The van der Waals surface area contributed by atoms with Crippen LogP contribution in [0.5, 0.6) is 0 Å². The lowest BCUT2D eigenvalue weighted by Gasteiger charge is -2.29. The van der Waals surface area contributed by atoms with Crippen molar-refractivity contribution in [3.05, 3.63) is 0 Å². The van der Waals surface area contributed by atoms with Crippen LogP contribution in [0.2, 0.25) is 0 Å². The van der Waals surface area contributed by atoms with Crippen molar-refractivity contribution < 1.29 is 32.7 Å². The highest BCUT2D eigenvalue weighted by atomic mass is 32.2. The Morgan fingerprint density at radius 3 is 2.42 bits per heavy atom. The molecular weight excluding hydrogens is 494 g/mol. The minimum atomic E-state index is -4.17. The zero-order valence-electron chi connectivity index (χ0n) is 20.2. The number of nitrogens with two attached hydrogens (primary N) is 2. The number of carboxylic acid groups (broad SMARTS) is 1. The van der Waals surface area contributed by atoms with Gasteiger partial charge in [0.25, 0.3) is 10.2 Å². The Labute approximate surface area is 210 Å². The van der Waals surface area contributed by atoms with E-state index in [-0.39, 0.29) is 31.5 Å². The summed E-state index contributed by atoms with van der Waals surface area (Å²) >= 11 is 0. The van der Waals surface area contributed by atoms with E-state index in [0.717, 1.165) is 19.3 Å². The van der Waals surface area contributed by atoms with E-state index in [0.29, 0.717) is 38.4 Å². The van der Waals surface area contributed by atoms with Crippen LogP contribution in [-0.2, 0) is 29.4 Å². The van der Waals surface area contributed by atoms with Crippen molar-refractivity contribution in [3.8, 4) is 0 Å². The highest BCUT2D eigenvalue weighted by Gasteiger charge is 2.39. The molecule has 1 saturated heterocycles. The topological polar surface area (TPSA) is 226 Å². The van der Waals surface area contributed by atoms with Gasteiger partial charge in [-0.2, -0.15) is 17.9 Å². The summed E-state index contributed by atoms with van der Waals surface area (Å²) in [6.07, 6.45) is 5.38. The highest BCUT2D eigenvalue weighted by molar-refractivity contribution is 7.87. The lowest BCUT2D eigenvalue weighted by Crippen LogP contribution is -2.57. The summed E-state index contributed by atoms with van der Waals surface area (Å²) in [7, 11) is -4.17. The average Bonchev–Trinajstić information content (AvgIpc) is 3.30. The van der Waals surface area contributed by atoms with Gasteiger partial charge in [0.15, 0.2) is 5.96 Å². The molecule has 204 valence electrons. The number of carbonyl (C=O) groups excluding carboxylic acids is 3. The number of aldehydes is 1. The van der Waals surface area contributed by atoms with Gasteiger partial charge in [0.1, 0.15) is 18.4 Å². The maximum absolute atomic E-state index is 13.2. The number of amides is 2. The van der Waals surface area contributed by atoms with E-state index in [2.05, 4.69) is 19.8 Å². The third-order valence-corrected chi connectivity index (χ3v) is 7.44. The number of hydrogen-bond acceptors (Lipinski definition) is 7. The molecule has 0 aromatic heterocycles. The van der Waals surface area contributed by atoms with Gasteiger partial charge in [-0.25, -0.2) is 0 Å². The number of guanidine groups is 1. The molecule has 36 heavy (non-hydrogen) atoms. The van der Waals surface area contributed by atoms with Crippen molar-refractivity contribution in [2.75, 3.05) is 13.1 Å². The molecule has 2 amide bonds. The van der Waals surface area contributed by atoms with E-state index >= 15 is 0 Å². The monoisotopic (exact) mass is 531 g/mol. The van der Waals surface area contributed by atoms with Crippen LogP contribution in [0.4, 0.5) is 0 Å². The Morgan fingerprint density at radius 1 is 1.11 bits per heavy atom. The van der Waals surface area contributed by atoms with Crippen LogP contribution in [0.25, 0.3) is 0 Å². The first-order chi connectivity index (χ1) is 17.0. The zero-order chi connectivity index (χ0) is 26.7. The van der Waals surface area contributed by atoms with Crippen LogP contribution >= 0.6 is 0 Å². The predicted octanol–water partition coefficient (Wildman–Crippen LogP) is -1.69. The third kappa shape index (κ3) is 9.70. The molecule has 1 saturated carbocycles. The van der Waals surface area contributed by atoms with Crippen LogP contribution in [0.15, 0.2) is 4.99 Å². The minimum absolute atomic E-state index is 0.0812. The van der Waals surface area contributed by atoms with Crippen LogP contribution in [0.1, 0.15) is 64.2 Å². The molecule has 1 aliphatic carbocycles. The number of carboxylic acids is 1. The predicted molar refractivity (Wildman–Crippen MR) is 131 cm³/mol. The number of aliphatic imine (C=N–C) groups is 1. The second-order valence-electron chi connectivity index (χ2n) is 9.11. The maximum atomic E-state index is 13.2. The summed E-state index contributed by atoms with van der Waals surface area (Å²) in [6.45, 7) is 0.434. The molecule has 0 aromatic carbocycles. The Morgan fingerprint density at radius 2 is 1.81 bits per heavy atom. The molecule has 1 aliphatic heterocycles. The highest BCUT2D eigenvalue weighted by Crippen LogP contribution is 2.21. The number of hydrogen-bond donors (Lipinski definition) is 6. The molecule has 0 aromatic rings. The van der Waals surface area contributed by atoms with Crippen molar-refractivity contribution in [2.45, 2.75) is 88.4 Å². The SMILES string of the molecule is NC(N)=NCCC[C@H](C=O)NC(=O)[C@@H]1CCCN1C(=O)[C@@H](CC(=O)O)NS(=O)(=O)NC1CCCCC1. The first kappa shape index (κ1) is 29.5. The van der Waals surface area contributed by atoms with Crippen molar-refractivity contribution in [3.63, 3.8) is 0 Å². The third-order valence-electron chi connectivity index (χ3n) is 6.20. The lowest BCUT2D eigenvalue weighted by atomic mass is 9.96. The first-order valence-electron chi connectivity index (χ1n) is 12.1. The fraction of sp³-hybridized carbons (Fsp3) is 0.762. The smallest absolute Gasteiger partial charge is 0.305 e. The number of carbonyl (C=O) groups is 4. The molecule has 15 heteroatoms. The first-order valence-corrected chi connectivity index (χ1v) is 13.6. The largest absolute Gasteiger partial charge is 0.481 e. The number of nitrogens with one attached hydrogen (secondary N) is 3. The molecule has 0 bridgehead atoms. The van der Waals surface area contributed by atoms with Gasteiger partial charge in [-0.15, -0.1) is 0 Å². The second-order valence-corrected chi connectivity index (χ2v) is 10.6. The fourth-order valence-corrected chi connectivity index (χ4v) is 5.79. The average molecular weight is 532 g/mol.